The van der Waals surface area contributed by atoms with Gasteiger partial charge in [-0.05, 0) is 50.5 Å². The number of nitrogen functional groups attached to an aromatic ring is 1. The molecule has 1 aromatic heterocycles. The van der Waals surface area contributed by atoms with E-state index in [0.29, 0.717) is 17.6 Å². The standard InChI is InChI=1S/C15H17BrN4O/c1-8-7-11(5-6-12(8)16)21-15-9(2)13(20-17)18-14(19-15)10-3-4-10/h5-7,10H,3-4,17H2,1-2H3,(H,18,19,20). The highest BCUT2D eigenvalue weighted by atomic mass is 79.9. The summed E-state index contributed by atoms with van der Waals surface area (Å²) in [5.74, 6) is 8.71. The zero-order valence-electron chi connectivity index (χ0n) is 12.0. The van der Waals surface area contributed by atoms with Crippen LogP contribution in [0, 0.1) is 13.8 Å². The lowest BCUT2D eigenvalue weighted by Gasteiger charge is -2.13. The second-order valence-corrected chi connectivity index (χ2v) is 6.15. The first kappa shape index (κ1) is 14.3. The number of anilines is 1. The number of nitrogens with one attached hydrogen (secondary N) is 1. The van der Waals surface area contributed by atoms with Crippen LogP contribution in [-0.2, 0) is 0 Å². The molecule has 0 bridgehead atoms. The summed E-state index contributed by atoms with van der Waals surface area (Å²) in [6.45, 7) is 3.92. The second kappa shape index (κ2) is 5.61. The van der Waals surface area contributed by atoms with E-state index >= 15 is 0 Å². The molecule has 1 aliphatic rings. The highest BCUT2D eigenvalue weighted by Crippen LogP contribution is 2.40. The van der Waals surface area contributed by atoms with Crippen LogP contribution in [0.1, 0.15) is 35.7 Å². The summed E-state index contributed by atoms with van der Waals surface area (Å²) in [6, 6.07) is 5.84. The molecule has 2 aromatic rings. The lowest BCUT2D eigenvalue weighted by Crippen LogP contribution is -2.13. The molecule has 110 valence electrons. The maximum absolute atomic E-state index is 5.94. The zero-order valence-corrected chi connectivity index (χ0v) is 13.6. The molecular formula is C15H17BrN4O. The lowest BCUT2D eigenvalue weighted by atomic mass is 10.2. The molecule has 1 fully saturated rings. The fourth-order valence-corrected chi connectivity index (χ4v) is 2.32. The van der Waals surface area contributed by atoms with E-state index in [1.54, 1.807) is 0 Å². The molecule has 3 rings (SSSR count). The van der Waals surface area contributed by atoms with Crippen LogP contribution in [0.3, 0.4) is 0 Å². The van der Waals surface area contributed by atoms with Crippen LogP contribution >= 0.6 is 15.9 Å². The van der Waals surface area contributed by atoms with Crippen LogP contribution < -0.4 is 16.0 Å². The Hall–Kier alpha value is -1.66. The Kier molecular flexibility index (Phi) is 3.82. The van der Waals surface area contributed by atoms with E-state index in [0.717, 1.165) is 40.0 Å². The van der Waals surface area contributed by atoms with Crippen molar-refractivity contribution in [3.05, 3.63) is 39.6 Å². The Morgan fingerprint density at radius 2 is 2.05 bits per heavy atom. The number of halogens is 1. The first-order valence-electron chi connectivity index (χ1n) is 6.87. The topological polar surface area (TPSA) is 73.1 Å². The van der Waals surface area contributed by atoms with Gasteiger partial charge in [-0.15, -0.1) is 0 Å². The highest BCUT2D eigenvalue weighted by molar-refractivity contribution is 9.10. The molecule has 0 aliphatic heterocycles. The predicted molar refractivity (Wildman–Crippen MR) is 85.5 cm³/mol. The smallest absolute Gasteiger partial charge is 0.227 e. The Bertz CT molecular complexity index is 686. The molecule has 1 aliphatic carbocycles. The van der Waals surface area contributed by atoms with E-state index in [9.17, 15) is 0 Å². The normalized spacial score (nSPS) is 14.1. The van der Waals surface area contributed by atoms with Crippen molar-refractivity contribution in [2.24, 2.45) is 5.84 Å². The Morgan fingerprint density at radius 1 is 1.29 bits per heavy atom. The lowest BCUT2D eigenvalue weighted by molar-refractivity contribution is 0.454. The Labute approximate surface area is 132 Å². The molecule has 0 atom stereocenters. The van der Waals surface area contributed by atoms with Gasteiger partial charge in [-0.25, -0.2) is 10.8 Å². The molecule has 1 heterocycles. The van der Waals surface area contributed by atoms with Gasteiger partial charge in [0.2, 0.25) is 5.88 Å². The molecule has 0 radical (unpaired) electrons. The monoisotopic (exact) mass is 348 g/mol. The van der Waals surface area contributed by atoms with Gasteiger partial charge in [0.1, 0.15) is 11.6 Å². The summed E-state index contributed by atoms with van der Waals surface area (Å²) < 4.78 is 6.99. The fraction of sp³-hybridized carbons (Fsp3) is 0.333. The van der Waals surface area contributed by atoms with E-state index in [4.69, 9.17) is 10.6 Å². The third-order valence-corrected chi connectivity index (χ3v) is 4.43. The number of benzene rings is 1. The van der Waals surface area contributed by atoms with Gasteiger partial charge in [0.25, 0.3) is 0 Å². The van der Waals surface area contributed by atoms with Gasteiger partial charge in [-0.3, -0.25) is 0 Å². The number of nitrogens with two attached hydrogens (primary N) is 1. The highest BCUT2D eigenvalue weighted by Gasteiger charge is 2.28. The Balaban J connectivity index is 1.96. The average molecular weight is 349 g/mol. The van der Waals surface area contributed by atoms with Crippen molar-refractivity contribution in [3.8, 4) is 11.6 Å². The molecule has 21 heavy (non-hydrogen) atoms. The minimum Gasteiger partial charge on any atom is -0.439 e. The summed E-state index contributed by atoms with van der Waals surface area (Å²) in [4.78, 5) is 9.00. The van der Waals surface area contributed by atoms with E-state index in [1.165, 1.54) is 0 Å². The number of hydrogen-bond acceptors (Lipinski definition) is 5. The van der Waals surface area contributed by atoms with Crippen LogP contribution in [-0.4, -0.2) is 9.97 Å². The largest absolute Gasteiger partial charge is 0.439 e. The van der Waals surface area contributed by atoms with Crippen molar-refractivity contribution in [1.82, 2.24) is 9.97 Å². The van der Waals surface area contributed by atoms with Gasteiger partial charge in [-0.1, -0.05) is 15.9 Å². The molecule has 5 nitrogen and oxygen atoms in total. The Morgan fingerprint density at radius 3 is 2.67 bits per heavy atom. The van der Waals surface area contributed by atoms with Crippen molar-refractivity contribution in [2.45, 2.75) is 32.6 Å². The van der Waals surface area contributed by atoms with Crippen molar-refractivity contribution in [1.29, 1.82) is 0 Å². The first-order chi connectivity index (χ1) is 10.1. The van der Waals surface area contributed by atoms with Crippen molar-refractivity contribution in [2.75, 3.05) is 5.43 Å². The molecule has 1 saturated carbocycles. The van der Waals surface area contributed by atoms with Crippen molar-refractivity contribution < 1.29 is 4.74 Å². The number of aromatic nitrogens is 2. The van der Waals surface area contributed by atoms with E-state index in [2.05, 4.69) is 31.3 Å². The number of aryl methyl sites for hydroxylation is 1. The molecule has 0 saturated heterocycles. The third kappa shape index (κ3) is 3.01. The van der Waals surface area contributed by atoms with Gasteiger partial charge >= 0.3 is 0 Å². The zero-order chi connectivity index (χ0) is 15.0. The van der Waals surface area contributed by atoms with Crippen LogP contribution in [0.15, 0.2) is 22.7 Å². The van der Waals surface area contributed by atoms with E-state index in [-0.39, 0.29) is 0 Å². The summed E-state index contributed by atoms with van der Waals surface area (Å²) >= 11 is 3.48. The molecule has 0 amide bonds. The minimum atomic E-state index is 0.437. The predicted octanol–water partition coefficient (Wildman–Crippen LogP) is 3.81. The van der Waals surface area contributed by atoms with Gasteiger partial charge in [-0.2, -0.15) is 4.98 Å². The van der Waals surface area contributed by atoms with Gasteiger partial charge in [0, 0.05) is 10.4 Å². The number of ether oxygens (including phenoxy) is 1. The van der Waals surface area contributed by atoms with Crippen LogP contribution in [0.2, 0.25) is 0 Å². The van der Waals surface area contributed by atoms with Gasteiger partial charge in [0.15, 0.2) is 5.82 Å². The van der Waals surface area contributed by atoms with Crippen molar-refractivity contribution in [3.63, 3.8) is 0 Å². The molecule has 3 N–H and O–H groups in total. The number of nitrogens with zero attached hydrogens (tertiary/aromatic N) is 2. The molecule has 1 aromatic carbocycles. The number of hydrogen-bond donors (Lipinski definition) is 2. The summed E-state index contributed by atoms with van der Waals surface area (Å²) in [5, 5.41) is 0. The quantitative estimate of drug-likeness (QED) is 0.649. The van der Waals surface area contributed by atoms with Crippen LogP contribution in [0.5, 0.6) is 11.6 Å². The van der Waals surface area contributed by atoms with Gasteiger partial charge < -0.3 is 10.2 Å². The molecular weight excluding hydrogens is 332 g/mol. The third-order valence-electron chi connectivity index (χ3n) is 3.54. The second-order valence-electron chi connectivity index (χ2n) is 5.29. The average Bonchev–Trinajstić information content (AvgIpc) is 3.29. The van der Waals surface area contributed by atoms with E-state index < -0.39 is 0 Å². The van der Waals surface area contributed by atoms with Crippen LogP contribution in [0.4, 0.5) is 5.82 Å². The summed E-state index contributed by atoms with van der Waals surface area (Å²) in [6.07, 6.45) is 2.26. The molecule has 0 spiro atoms. The first-order valence-corrected chi connectivity index (χ1v) is 7.67. The maximum Gasteiger partial charge on any atom is 0.227 e. The number of hydrazine groups is 1. The molecule has 0 unspecified atom stereocenters. The summed E-state index contributed by atoms with van der Waals surface area (Å²) in [7, 11) is 0. The SMILES string of the molecule is Cc1cc(Oc2nc(C3CC3)nc(NN)c2C)ccc1Br. The van der Waals surface area contributed by atoms with Crippen molar-refractivity contribution >= 4 is 21.7 Å². The molecule has 6 heteroatoms. The minimum absolute atomic E-state index is 0.437. The number of rotatable bonds is 4. The summed E-state index contributed by atoms with van der Waals surface area (Å²) in [5.41, 5.74) is 4.54. The van der Waals surface area contributed by atoms with Crippen LogP contribution in [0.25, 0.3) is 0 Å². The maximum atomic E-state index is 5.94. The fourth-order valence-electron chi connectivity index (χ4n) is 2.07. The van der Waals surface area contributed by atoms with Gasteiger partial charge in [0.05, 0.1) is 5.56 Å². The van der Waals surface area contributed by atoms with E-state index in [1.807, 2.05) is 32.0 Å².